The highest BCUT2D eigenvalue weighted by molar-refractivity contribution is 5.71. The monoisotopic (exact) mass is 1110 g/mol. The number of hydrogen-bond donors (Lipinski definition) is 0. The van der Waals surface area contributed by atoms with E-state index in [2.05, 4.69) is 142 Å². The van der Waals surface area contributed by atoms with E-state index in [1.807, 2.05) is 0 Å². The van der Waals surface area contributed by atoms with Gasteiger partial charge >= 0.3 is 17.9 Å². The maximum atomic E-state index is 12.9. The fraction of sp³-hybridized carbons (Fsp3) is 0.689. The highest BCUT2D eigenvalue weighted by atomic mass is 16.6. The normalized spacial score (nSPS) is 12.9. The predicted octanol–water partition coefficient (Wildman–Crippen LogP) is 23.2. The molecule has 0 fully saturated rings. The maximum absolute atomic E-state index is 12.9. The van der Waals surface area contributed by atoms with Crippen molar-refractivity contribution in [3.63, 3.8) is 0 Å². The molecule has 0 radical (unpaired) electrons. The minimum Gasteiger partial charge on any atom is -0.462 e. The van der Waals surface area contributed by atoms with Crippen molar-refractivity contribution in [2.75, 3.05) is 13.2 Å². The van der Waals surface area contributed by atoms with Crippen molar-refractivity contribution in [2.24, 2.45) is 0 Å². The Kier molecular flexibility index (Phi) is 63.8. The molecule has 6 nitrogen and oxygen atoms in total. The van der Waals surface area contributed by atoms with E-state index in [0.29, 0.717) is 25.7 Å². The molecule has 1 unspecified atom stereocenters. The molecule has 0 aliphatic carbocycles. The first-order valence-electron chi connectivity index (χ1n) is 33.5. The maximum Gasteiger partial charge on any atom is 0.306 e. The molecule has 0 aliphatic heterocycles. The highest BCUT2D eigenvalue weighted by Gasteiger charge is 2.19. The van der Waals surface area contributed by atoms with Gasteiger partial charge in [-0.15, -0.1) is 0 Å². The molecule has 0 aliphatic rings. The molecule has 0 bridgehead atoms. The van der Waals surface area contributed by atoms with E-state index in [1.54, 1.807) is 0 Å². The van der Waals surface area contributed by atoms with Gasteiger partial charge in [-0.05, 0) is 135 Å². The SMILES string of the molecule is CC/C=C\C/C=C\C/C=C\C/C=C\C/C=C\C/C=C\C/C=C\C/C=C\CCCCC(=O)OCC(COC(=O)CCCCCCC/C=C\CCCCC)OC(=O)CCCCCCCCCCCCC/C=C\CCCCCCCCCC. The van der Waals surface area contributed by atoms with Crippen LogP contribution in [0.15, 0.2) is 122 Å². The first-order valence-corrected chi connectivity index (χ1v) is 33.5. The topological polar surface area (TPSA) is 78.9 Å². The number of unbranched alkanes of at least 4 members (excludes halogenated alkanes) is 29. The minimum absolute atomic E-state index is 0.0977. The summed E-state index contributed by atoms with van der Waals surface area (Å²) >= 11 is 0. The number of esters is 3. The molecule has 0 N–H and O–H groups in total. The van der Waals surface area contributed by atoms with Crippen molar-refractivity contribution in [3.8, 4) is 0 Å². The zero-order valence-corrected chi connectivity index (χ0v) is 52.3. The molecule has 0 aromatic carbocycles. The molecule has 0 spiro atoms. The summed E-state index contributed by atoms with van der Waals surface area (Å²) in [6.45, 7) is 6.48. The van der Waals surface area contributed by atoms with Gasteiger partial charge in [0.1, 0.15) is 13.2 Å². The van der Waals surface area contributed by atoms with E-state index in [-0.39, 0.29) is 31.1 Å². The van der Waals surface area contributed by atoms with Crippen molar-refractivity contribution in [2.45, 2.75) is 316 Å². The Morgan fingerprint density at radius 2 is 0.487 bits per heavy atom. The van der Waals surface area contributed by atoms with E-state index >= 15 is 0 Å². The number of hydrogen-bond acceptors (Lipinski definition) is 6. The number of carbonyl (C=O) groups excluding carboxylic acids is 3. The molecule has 0 saturated carbocycles. The summed E-state index contributed by atoms with van der Waals surface area (Å²) in [6, 6.07) is 0. The van der Waals surface area contributed by atoms with Gasteiger partial charge in [0.15, 0.2) is 6.10 Å². The van der Waals surface area contributed by atoms with Gasteiger partial charge in [-0.25, -0.2) is 0 Å². The Morgan fingerprint density at radius 3 is 0.825 bits per heavy atom. The summed E-state index contributed by atoms with van der Waals surface area (Å²) < 4.78 is 16.9. The average molecular weight is 1110 g/mol. The standard InChI is InChI=1S/C74H124O6/c1-4-7-10-13-16-19-22-25-27-29-31-33-35-36-37-38-40-41-43-45-47-49-52-55-58-61-64-67-73(76)79-70-71(69-78-72(75)66-63-60-57-54-51-24-21-18-15-12-9-6-3)80-74(77)68-65-62-59-56-53-50-48-46-44-42-39-34-32-30-28-26-23-20-17-14-11-8-5-2/h7,10,16,18-19,21,25,27,30-33,36-37,40-41,45,47,52,55,71H,4-6,8-9,11-15,17,20,22-24,26,28-29,34-35,38-39,42-44,46,48-51,53-54,56-70H2,1-3H3/b10-7-,19-16-,21-18-,27-25-,32-30-,33-31-,37-36-,41-40-,47-45-,55-52-. The van der Waals surface area contributed by atoms with E-state index in [0.717, 1.165) is 116 Å². The van der Waals surface area contributed by atoms with Gasteiger partial charge in [-0.3, -0.25) is 14.4 Å². The third kappa shape index (κ3) is 64.6. The van der Waals surface area contributed by atoms with Crippen LogP contribution in [0.5, 0.6) is 0 Å². The van der Waals surface area contributed by atoms with Gasteiger partial charge in [-0.2, -0.15) is 0 Å². The lowest BCUT2D eigenvalue weighted by molar-refractivity contribution is -0.167. The Hall–Kier alpha value is -4.19. The van der Waals surface area contributed by atoms with Crippen molar-refractivity contribution in [1.82, 2.24) is 0 Å². The zero-order valence-electron chi connectivity index (χ0n) is 52.3. The number of allylic oxidation sites excluding steroid dienone is 20. The number of ether oxygens (including phenoxy) is 3. The highest BCUT2D eigenvalue weighted by Crippen LogP contribution is 2.16. The van der Waals surface area contributed by atoms with Crippen LogP contribution < -0.4 is 0 Å². The summed E-state index contributed by atoms with van der Waals surface area (Å²) in [4.78, 5) is 38.3. The molecule has 80 heavy (non-hydrogen) atoms. The van der Waals surface area contributed by atoms with Crippen molar-refractivity contribution in [1.29, 1.82) is 0 Å². The largest absolute Gasteiger partial charge is 0.462 e. The molecule has 1 atom stereocenters. The van der Waals surface area contributed by atoms with E-state index in [1.165, 1.54) is 148 Å². The summed E-state index contributed by atoms with van der Waals surface area (Å²) in [7, 11) is 0. The first kappa shape index (κ1) is 75.8. The van der Waals surface area contributed by atoms with Gasteiger partial charge in [0.05, 0.1) is 0 Å². The summed E-state index contributed by atoms with van der Waals surface area (Å²) in [5, 5.41) is 0. The first-order chi connectivity index (χ1) is 39.5. The molecule has 0 heterocycles. The van der Waals surface area contributed by atoms with E-state index < -0.39 is 6.10 Å². The van der Waals surface area contributed by atoms with Gasteiger partial charge in [0.2, 0.25) is 0 Å². The third-order valence-corrected chi connectivity index (χ3v) is 14.2. The van der Waals surface area contributed by atoms with E-state index in [9.17, 15) is 14.4 Å². The summed E-state index contributed by atoms with van der Waals surface area (Å²) in [6.07, 6.45) is 93.6. The quantitative estimate of drug-likeness (QED) is 0.0261. The lowest BCUT2D eigenvalue weighted by Crippen LogP contribution is -2.30. The zero-order chi connectivity index (χ0) is 57.8. The smallest absolute Gasteiger partial charge is 0.306 e. The van der Waals surface area contributed by atoms with Gasteiger partial charge in [0, 0.05) is 19.3 Å². The fourth-order valence-electron chi connectivity index (χ4n) is 9.15. The third-order valence-electron chi connectivity index (χ3n) is 14.2. The molecule has 456 valence electrons. The molecule has 0 amide bonds. The lowest BCUT2D eigenvalue weighted by Gasteiger charge is -2.18. The van der Waals surface area contributed by atoms with Crippen LogP contribution in [-0.4, -0.2) is 37.2 Å². The van der Waals surface area contributed by atoms with E-state index in [4.69, 9.17) is 14.2 Å². The molecule has 0 aromatic rings. The Bertz CT molecular complexity index is 1650. The van der Waals surface area contributed by atoms with Crippen LogP contribution in [-0.2, 0) is 28.6 Å². The fourth-order valence-corrected chi connectivity index (χ4v) is 9.15. The summed E-state index contributed by atoms with van der Waals surface area (Å²) in [5.41, 5.74) is 0. The van der Waals surface area contributed by atoms with Crippen LogP contribution in [0.4, 0.5) is 0 Å². The molecule has 0 saturated heterocycles. The minimum atomic E-state index is -0.804. The lowest BCUT2D eigenvalue weighted by atomic mass is 10.0. The Labute approximate surface area is 494 Å². The van der Waals surface area contributed by atoms with Crippen LogP contribution in [0.25, 0.3) is 0 Å². The average Bonchev–Trinajstić information content (AvgIpc) is 3.46. The van der Waals surface area contributed by atoms with Crippen LogP contribution in [0.1, 0.15) is 310 Å². The van der Waals surface area contributed by atoms with Crippen molar-refractivity contribution in [3.05, 3.63) is 122 Å². The Balaban J connectivity index is 4.39. The second-order valence-electron chi connectivity index (χ2n) is 22.0. The van der Waals surface area contributed by atoms with Crippen molar-refractivity contribution < 1.29 is 28.6 Å². The predicted molar refractivity (Wildman–Crippen MR) is 348 cm³/mol. The van der Waals surface area contributed by atoms with Crippen LogP contribution in [0.2, 0.25) is 0 Å². The summed E-state index contributed by atoms with van der Waals surface area (Å²) in [5.74, 6) is -0.946. The van der Waals surface area contributed by atoms with Crippen LogP contribution in [0, 0.1) is 0 Å². The molecule has 0 rings (SSSR count). The van der Waals surface area contributed by atoms with Gasteiger partial charge in [0.25, 0.3) is 0 Å². The molecule has 6 heteroatoms. The van der Waals surface area contributed by atoms with Crippen LogP contribution in [0.3, 0.4) is 0 Å². The van der Waals surface area contributed by atoms with Crippen molar-refractivity contribution >= 4 is 17.9 Å². The van der Waals surface area contributed by atoms with Gasteiger partial charge < -0.3 is 14.2 Å². The van der Waals surface area contributed by atoms with Crippen LogP contribution >= 0.6 is 0 Å². The number of carbonyl (C=O) groups is 3. The second-order valence-corrected chi connectivity index (χ2v) is 22.0. The molecule has 0 aromatic heterocycles. The second kappa shape index (κ2) is 67.3. The molecular formula is C74H124O6. The molecular weight excluding hydrogens is 985 g/mol. The number of rotatable bonds is 60. The van der Waals surface area contributed by atoms with Gasteiger partial charge in [-0.1, -0.05) is 277 Å². The Morgan fingerprint density at radius 1 is 0.263 bits per heavy atom.